The zero-order chi connectivity index (χ0) is 16.3. The average Bonchev–Trinajstić information content (AvgIpc) is 2.46. The Morgan fingerprint density at radius 3 is 2.68 bits per heavy atom. The summed E-state index contributed by atoms with van der Waals surface area (Å²) in [6, 6.07) is 4.33. The van der Waals surface area contributed by atoms with E-state index in [2.05, 4.69) is 0 Å². The first-order chi connectivity index (χ1) is 10.4. The highest BCUT2D eigenvalue weighted by Crippen LogP contribution is 2.24. The van der Waals surface area contributed by atoms with Crippen molar-refractivity contribution < 1.29 is 14.0 Å². The van der Waals surface area contributed by atoms with Gasteiger partial charge in [0.05, 0.1) is 5.56 Å². The monoisotopic (exact) mass is 307 g/mol. The smallest absolute Gasteiger partial charge is 0.257 e. The van der Waals surface area contributed by atoms with Crippen LogP contribution in [0.1, 0.15) is 36.0 Å². The van der Waals surface area contributed by atoms with Crippen LogP contribution in [0.3, 0.4) is 0 Å². The number of nitrogens with zero attached hydrogens (tertiary/aromatic N) is 2. The van der Waals surface area contributed by atoms with Gasteiger partial charge in [-0.25, -0.2) is 4.39 Å². The second kappa shape index (κ2) is 6.77. The van der Waals surface area contributed by atoms with E-state index in [1.54, 1.807) is 15.9 Å². The predicted molar refractivity (Wildman–Crippen MR) is 83.2 cm³/mol. The molecule has 0 spiro atoms. The summed E-state index contributed by atoms with van der Waals surface area (Å²) >= 11 is 0. The Bertz CT molecular complexity index is 575. The number of halogens is 1. The van der Waals surface area contributed by atoms with E-state index in [0.717, 1.165) is 19.3 Å². The number of likely N-dealkylation sites (tertiary alicyclic amines) is 1. The summed E-state index contributed by atoms with van der Waals surface area (Å²) in [6.07, 6.45) is 2.66. The van der Waals surface area contributed by atoms with Crippen LogP contribution in [0.25, 0.3) is 0 Å². The van der Waals surface area contributed by atoms with Gasteiger partial charge in [0.25, 0.3) is 5.91 Å². The lowest BCUT2D eigenvalue weighted by molar-refractivity contribution is -0.119. The molecule has 1 saturated heterocycles. The van der Waals surface area contributed by atoms with Crippen LogP contribution in [0.5, 0.6) is 0 Å². The zero-order valence-corrected chi connectivity index (χ0v) is 13.0. The fourth-order valence-electron chi connectivity index (χ4n) is 2.82. The summed E-state index contributed by atoms with van der Waals surface area (Å²) in [7, 11) is 3.62. The van der Waals surface area contributed by atoms with Crippen molar-refractivity contribution in [1.29, 1.82) is 0 Å². The lowest BCUT2D eigenvalue weighted by atomic mass is 9.97. The molecule has 0 bridgehead atoms. The van der Waals surface area contributed by atoms with Crippen molar-refractivity contribution in [2.75, 3.05) is 25.5 Å². The highest BCUT2D eigenvalue weighted by atomic mass is 19.1. The number of carbonyl (C=O) groups excluding carboxylic acids is 2. The molecule has 0 radical (unpaired) electrons. The summed E-state index contributed by atoms with van der Waals surface area (Å²) in [5.74, 6) is -1.35. The number of piperidine rings is 1. The quantitative estimate of drug-likeness (QED) is 0.922. The molecular formula is C16H22FN3O2. The molecule has 2 rings (SSSR count). The van der Waals surface area contributed by atoms with Crippen LogP contribution in [-0.4, -0.2) is 43.4 Å². The maximum Gasteiger partial charge on any atom is 0.257 e. The summed E-state index contributed by atoms with van der Waals surface area (Å²) in [5.41, 5.74) is 5.99. The maximum absolute atomic E-state index is 14.2. The van der Waals surface area contributed by atoms with E-state index in [1.165, 1.54) is 12.1 Å². The van der Waals surface area contributed by atoms with Crippen molar-refractivity contribution in [3.05, 3.63) is 29.6 Å². The van der Waals surface area contributed by atoms with Crippen molar-refractivity contribution in [3.8, 4) is 0 Å². The van der Waals surface area contributed by atoms with Crippen LogP contribution in [0.2, 0.25) is 0 Å². The number of nitrogens with two attached hydrogens (primary N) is 1. The summed E-state index contributed by atoms with van der Waals surface area (Å²) < 4.78 is 14.2. The number of primary amides is 1. The highest BCUT2D eigenvalue weighted by Gasteiger charge is 2.30. The van der Waals surface area contributed by atoms with Crippen LogP contribution in [0, 0.1) is 5.82 Å². The molecule has 0 saturated carbocycles. The van der Waals surface area contributed by atoms with Gasteiger partial charge in [-0.1, -0.05) is 0 Å². The number of hydrogen-bond acceptors (Lipinski definition) is 3. The zero-order valence-electron chi connectivity index (χ0n) is 13.0. The molecule has 0 aliphatic carbocycles. The van der Waals surface area contributed by atoms with Gasteiger partial charge in [-0.05, 0) is 37.5 Å². The Balaban J connectivity index is 2.23. The molecule has 1 aromatic carbocycles. The molecule has 1 fully saturated rings. The van der Waals surface area contributed by atoms with Gasteiger partial charge < -0.3 is 15.5 Å². The minimum absolute atomic E-state index is 0.0435. The lowest BCUT2D eigenvalue weighted by Crippen LogP contribution is -2.45. The largest absolute Gasteiger partial charge is 0.378 e. The Kier molecular flexibility index (Phi) is 5.00. The molecule has 120 valence electrons. The standard InChI is InChI=1S/C16H22FN3O2/c1-19(2)11-6-7-13(14(17)9-11)16(22)20-8-4-3-5-12(20)10-15(18)21/h6-7,9,12H,3-5,8,10H2,1-2H3,(H2,18,21)/t12-/m1/s1. The topological polar surface area (TPSA) is 66.6 Å². The Morgan fingerprint density at radius 1 is 1.36 bits per heavy atom. The first-order valence-electron chi connectivity index (χ1n) is 7.46. The molecule has 2 amide bonds. The highest BCUT2D eigenvalue weighted by molar-refractivity contribution is 5.95. The third-order valence-electron chi connectivity index (χ3n) is 4.02. The van der Waals surface area contributed by atoms with E-state index >= 15 is 0 Å². The molecule has 1 atom stereocenters. The molecule has 1 aliphatic heterocycles. The maximum atomic E-state index is 14.2. The van der Waals surface area contributed by atoms with Gasteiger partial charge in [-0.2, -0.15) is 0 Å². The van der Waals surface area contributed by atoms with E-state index in [1.807, 2.05) is 14.1 Å². The van der Waals surface area contributed by atoms with Crippen LogP contribution in [-0.2, 0) is 4.79 Å². The van der Waals surface area contributed by atoms with Crippen molar-refractivity contribution >= 4 is 17.5 Å². The van der Waals surface area contributed by atoms with Gasteiger partial charge in [0, 0.05) is 38.8 Å². The molecule has 5 nitrogen and oxygen atoms in total. The van der Waals surface area contributed by atoms with E-state index in [4.69, 9.17) is 5.73 Å². The third kappa shape index (κ3) is 3.55. The lowest BCUT2D eigenvalue weighted by Gasteiger charge is -2.35. The Labute approximate surface area is 129 Å². The molecule has 22 heavy (non-hydrogen) atoms. The van der Waals surface area contributed by atoms with Gasteiger partial charge in [-0.15, -0.1) is 0 Å². The number of benzene rings is 1. The van der Waals surface area contributed by atoms with Gasteiger partial charge in [0.1, 0.15) is 5.82 Å². The predicted octanol–water partition coefficient (Wildman–Crippen LogP) is 1.76. The molecule has 0 unspecified atom stereocenters. The first kappa shape index (κ1) is 16.3. The minimum Gasteiger partial charge on any atom is -0.378 e. The van der Waals surface area contributed by atoms with Crippen molar-refractivity contribution in [2.45, 2.75) is 31.7 Å². The average molecular weight is 307 g/mol. The number of carbonyl (C=O) groups is 2. The molecule has 1 aliphatic rings. The molecule has 1 aromatic rings. The van der Waals surface area contributed by atoms with E-state index in [-0.39, 0.29) is 23.9 Å². The summed E-state index contributed by atoms with van der Waals surface area (Å²) in [4.78, 5) is 27.1. The number of hydrogen-bond donors (Lipinski definition) is 1. The van der Waals surface area contributed by atoms with E-state index in [9.17, 15) is 14.0 Å². The van der Waals surface area contributed by atoms with Gasteiger partial charge in [0.2, 0.25) is 5.91 Å². The summed E-state index contributed by atoms with van der Waals surface area (Å²) in [5, 5.41) is 0. The molecule has 1 heterocycles. The number of amides is 2. The molecule has 0 aromatic heterocycles. The fourth-order valence-corrected chi connectivity index (χ4v) is 2.82. The SMILES string of the molecule is CN(C)c1ccc(C(=O)N2CCCC[C@@H]2CC(N)=O)c(F)c1. The van der Waals surface area contributed by atoms with Gasteiger partial charge in [-0.3, -0.25) is 9.59 Å². The molecule has 2 N–H and O–H groups in total. The van der Waals surface area contributed by atoms with Crippen LogP contribution >= 0.6 is 0 Å². The van der Waals surface area contributed by atoms with Crippen molar-refractivity contribution in [1.82, 2.24) is 4.90 Å². The van der Waals surface area contributed by atoms with Crippen LogP contribution in [0.15, 0.2) is 18.2 Å². The number of anilines is 1. The Morgan fingerprint density at radius 2 is 2.09 bits per heavy atom. The third-order valence-corrected chi connectivity index (χ3v) is 4.02. The fraction of sp³-hybridized carbons (Fsp3) is 0.500. The minimum atomic E-state index is -0.542. The van der Waals surface area contributed by atoms with E-state index < -0.39 is 11.7 Å². The molecular weight excluding hydrogens is 285 g/mol. The normalized spacial score (nSPS) is 18.1. The summed E-state index contributed by atoms with van der Waals surface area (Å²) in [6.45, 7) is 0.533. The second-order valence-corrected chi connectivity index (χ2v) is 5.88. The van der Waals surface area contributed by atoms with Crippen LogP contribution in [0.4, 0.5) is 10.1 Å². The van der Waals surface area contributed by atoms with Gasteiger partial charge >= 0.3 is 0 Å². The van der Waals surface area contributed by atoms with E-state index in [0.29, 0.717) is 12.2 Å². The molecule has 6 heteroatoms. The number of rotatable bonds is 4. The van der Waals surface area contributed by atoms with Crippen molar-refractivity contribution in [2.24, 2.45) is 5.73 Å². The first-order valence-corrected chi connectivity index (χ1v) is 7.46. The Hall–Kier alpha value is -2.11. The van der Waals surface area contributed by atoms with Crippen molar-refractivity contribution in [3.63, 3.8) is 0 Å². The van der Waals surface area contributed by atoms with Gasteiger partial charge in [0.15, 0.2) is 0 Å². The second-order valence-electron chi connectivity index (χ2n) is 5.88. The van der Waals surface area contributed by atoms with Crippen LogP contribution < -0.4 is 10.6 Å².